The molecule has 0 unspecified atom stereocenters. The summed E-state index contributed by atoms with van der Waals surface area (Å²) in [5.41, 5.74) is -0.410. The van der Waals surface area contributed by atoms with Gasteiger partial charge in [-0.15, -0.1) is 0 Å². The van der Waals surface area contributed by atoms with Gasteiger partial charge in [0.25, 0.3) is 5.56 Å². The molecule has 0 saturated carbocycles. The van der Waals surface area contributed by atoms with Crippen LogP contribution in [0.2, 0.25) is 0 Å². The molecule has 0 radical (unpaired) electrons. The molecule has 1 aliphatic heterocycles. The Morgan fingerprint density at radius 1 is 1.50 bits per heavy atom. The van der Waals surface area contributed by atoms with Gasteiger partial charge in [0.2, 0.25) is 0 Å². The molecule has 1 aromatic rings. The Hall–Kier alpha value is -1.36. The zero-order valence-electron chi connectivity index (χ0n) is 9.48. The summed E-state index contributed by atoms with van der Waals surface area (Å²) in [5.74, 6) is 0. The number of aromatic nitrogens is 2. The van der Waals surface area contributed by atoms with Crippen molar-refractivity contribution < 1.29 is 0 Å². The maximum absolute atomic E-state index is 11.9. The van der Waals surface area contributed by atoms with Crippen molar-refractivity contribution in [3.8, 4) is 0 Å². The second-order valence-electron chi connectivity index (χ2n) is 4.13. The summed E-state index contributed by atoms with van der Waals surface area (Å²) in [4.78, 5) is 23.5. The van der Waals surface area contributed by atoms with E-state index in [1.165, 1.54) is 10.6 Å². The van der Waals surface area contributed by atoms with Crippen LogP contribution < -0.4 is 16.6 Å². The fraction of sp³-hybridized carbons (Fsp3) is 0.636. The lowest BCUT2D eigenvalue weighted by Gasteiger charge is -2.12. The molecule has 1 atom stereocenters. The minimum absolute atomic E-state index is 0.205. The van der Waals surface area contributed by atoms with Crippen LogP contribution in [0, 0.1) is 0 Å². The molecule has 2 rings (SSSR count). The van der Waals surface area contributed by atoms with E-state index >= 15 is 0 Å². The van der Waals surface area contributed by atoms with Crippen LogP contribution in [-0.4, -0.2) is 21.7 Å². The third kappa shape index (κ3) is 2.09. The number of hydrogen-bond donors (Lipinski definition) is 1. The van der Waals surface area contributed by atoms with Gasteiger partial charge in [0.05, 0.1) is 0 Å². The molecule has 16 heavy (non-hydrogen) atoms. The van der Waals surface area contributed by atoms with Crippen LogP contribution in [0.3, 0.4) is 0 Å². The van der Waals surface area contributed by atoms with E-state index in [0.717, 1.165) is 19.4 Å². The smallest absolute Gasteiger partial charge is 0.312 e. The molecule has 1 N–H and O–H groups in total. The van der Waals surface area contributed by atoms with Gasteiger partial charge in [0, 0.05) is 31.4 Å². The lowest BCUT2D eigenvalue weighted by molar-refractivity contribution is 0.467. The average Bonchev–Trinajstić information content (AvgIpc) is 2.77. The molecule has 5 heteroatoms. The fourth-order valence-electron chi connectivity index (χ4n) is 2.10. The van der Waals surface area contributed by atoms with Gasteiger partial charge in [-0.2, -0.15) is 0 Å². The Morgan fingerprint density at radius 3 is 2.94 bits per heavy atom. The van der Waals surface area contributed by atoms with Crippen LogP contribution in [0.25, 0.3) is 0 Å². The number of aryl methyl sites for hydroxylation is 1. The lowest BCUT2D eigenvalue weighted by atomic mass is 10.2. The highest BCUT2D eigenvalue weighted by Gasteiger charge is 2.16. The van der Waals surface area contributed by atoms with E-state index in [-0.39, 0.29) is 17.3 Å². The minimum Gasteiger partial charge on any atom is -0.312 e. The van der Waals surface area contributed by atoms with Crippen LogP contribution in [0.4, 0.5) is 0 Å². The third-order valence-electron chi connectivity index (χ3n) is 3.05. The minimum atomic E-state index is -0.205. The Kier molecular flexibility index (Phi) is 3.24. The highest BCUT2D eigenvalue weighted by atomic mass is 16.2. The van der Waals surface area contributed by atoms with Crippen molar-refractivity contribution in [2.45, 2.75) is 38.9 Å². The summed E-state index contributed by atoms with van der Waals surface area (Å²) in [5, 5.41) is 3.29. The zero-order valence-corrected chi connectivity index (χ0v) is 9.48. The van der Waals surface area contributed by atoms with Crippen LogP contribution in [0.15, 0.2) is 21.9 Å². The van der Waals surface area contributed by atoms with Crippen LogP contribution >= 0.6 is 0 Å². The first-order valence-corrected chi connectivity index (χ1v) is 5.76. The molecule has 0 amide bonds. The number of hydrogen-bond acceptors (Lipinski definition) is 3. The highest BCUT2D eigenvalue weighted by molar-refractivity contribution is 4.88. The molecule has 1 fully saturated rings. The van der Waals surface area contributed by atoms with Crippen molar-refractivity contribution in [2.75, 3.05) is 6.54 Å². The molecule has 0 spiro atoms. The first-order valence-electron chi connectivity index (χ1n) is 5.76. The summed E-state index contributed by atoms with van der Waals surface area (Å²) in [6, 6.07) is 1.72. The summed E-state index contributed by atoms with van der Waals surface area (Å²) in [6.07, 6.45) is 3.71. The quantitative estimate of drug-likeness (QED) is 0.771. The SMILES string of the molecule is CCn1ccc(=O)n(C[C@H]2CCCN2)c1=O. The predicted octanol–water partition coefficient (Wildman–Crippen LogP) is -0.218. The molecule has 0 aromatic carbocycles. The third-order valence-corrected chi connectivity index (χ3v) is 3.05. The molecule has 88 valence electrons. The molecule has 5 nitrogen and oxygen atoms in total. The normalized spacial score (nSPS) is 20.2. The van der Waals surface area contributed by atoms with E-state index < -0.39 is 0 Å². The molecular weight excluding hydrogens is 206 g/mol. The fourth-order valence-corrected chi connectivity index (χ4v) is 2.10. The van der Waals surface area contributed by atoms with Gasteiger partial charge < -0.3 is 9.88 Å². The molecular formula is C11H17N3O2. The first-order chi connectivity index (χ1) is 7.72. The Balaban J connectivity index is 2.31. The van der Waals surface area contributed by atoms with E-state index in [0.29, 0.717) is 13.1 Å². The van der Waals surface area contributed by atoms with Crippen molar-refractivity contribution in [1.82, 2.24) is 14.5 Å². The van der Waals surface area contributed by atoms with Crippen molar-refractivity contribution in [1.29, 1.82) is 0 Å². The monoisotopic (exact) mass is 223 g/mol. The summed E-state index contributed by atoms with van der Waals surface area (Å²) in [6.45, 7) is 3.95. The van der Waals surface area contributed by atoms with E-state index in [1.807, 2.05) is 6.92 Å². The average molecular weight is 223 g/mol. The molecule has 1 aliphatic rings. The highest BCUT2D eigenvalue weighted by Crippen LogP contribution is 2.05. The van der Waals surface area contributed by atoms with Gasteiger partial charge in [-0.1, -0.05) is 0 Å². The van der Waals surface area contributed by atoms with Crippen molar-refractivity contribution in [3.63, 3.8) is 0 Å². The van der Waals surface area contributed by atoms with E-state index in [9.17, 15) is 9.59 Å². The first kappa shape index (κ1) is 11.1. The number of nitrogens with zero attached hydrogens (tertiary/aromatic N) is 2. The van der Waals surface area contributed by atoms with Gasteiger partial charge in [-0.25, -0.2) is 4.79 Å². The topological polar surface area (TPSA) is 56.0 Å². The van der Waals surface area contributed by atoms with E-state index in [4.69, 9.17) is 0 Å². The lowest BCUT2D eigenvalue weighted by Crippen LogP contribution is -2.43. The number of nitrogens with one attached hydrogen (secondary N) is 1. The molecule has 1 saturated heterocycles. The standard InChI is InChI=1S/C11H17N3O2/c1-2-13-7-5-10(15)14(11(13)16)8-9-4-3-6-12-9/h5,7,9,12H,2-4,6,8H2,1H3/t9-/m1/s1. The Morgan fingerprint density at radius 2 is 2.31 bits per heavy atom. The van der Waals surface area contributed by atoms with E-state index in [1.54, 1.807) is 10.8 Å². The second kappa shape index (κ2) is 4.65. The summed E-state index contributed by atoms with van der Waals surface area (Å²) in [7, 11) is 0. The van der Waals surface area contributed by atoms with Gasteiger partial charge in [-0.3, -0.25) is 9.36 Å². The number of rotatable bonds is 3. The molecule has 2 heterocycles. The Labute approximate surface area is 93.7 Å². The molecule has 1 aromatic heterocycles. The van der Waals surface area contributed by atoms with Crippen LogP contribution in [0.1, 0.15) is 19.8 Å². The zero-order chi connectivity index (χ0) is 11.5. The van der Waals surface area contributed by atoms with Gasteiger partial charge in [0.15, 0.2) is 0 Å². The van der Waals surface area contributed by atoms with Gasteiger partial charge >= 0.3 is 5.69 Å². The molecule has 0 bridgehead atoms. The van der Waals surface area contributed by atoms with Crippen molar-refractivity contribution in [3.05, 3.63) is 33.1 Å². The largest absolute Gasteiger partial charge is 0.331 e. The van der Waals surface area contributed by atoms with Gasteiger partial charge in [-0.05, 0) is 26.3 Å². The second-order valence-corrected chi connectivity index (χ2v) is 4.13. The Bertz CT molecular complexity index is 469. The van der Waals surface area contributed by atoms with Crippen LogP contribution in [-0.2, 0) is 13.1 Å². The predicted molar refractivity (Wildman–Crippen MR) is 61.7 cm³/mol. The van der Waals surface area contributed by atoms with E-state index in [2.05, 4.69) is 5.32 Å². The summed E-state index contributed by atoms with van der Waals surface area (Å²) >= 11 is 0. The van der Waals surface area contributed by atoms with Crippen molar-refractivity contribution >= 4 is 0 Å². The van der Waals surface area contributed by atoms with Crippen molar-refractivity contribution in [2.24, 2.45) is 0 Å². The summed E-state index contributed by atoms with van der Waals surface area (Å²) < 4.78 is 2.88. The van der Waals surface area contributed by atoms with Crippen LogP contribution in [0.5, 0.6) is 0 Å². The maximum Gasteiger partial charge on any atom is 0.331 e. The maximum atomic E-state index is 11.9. The van der Waals surface area contributed by atoms with Gasteiger partial charge in [0.1, 0.15) is 0 Å². The molecule has 0 aliphatic carbocycles.